The van der Waals surface area contributed by atoms with Crippen LogP contribution in [0.3, 0.4) is 0 Å². The second-order valence-corrected chi connectivity index (χ2v) is 9.78. The number of amides is 1. The first-order valence-corrected chi connectivity index (χ1v) is 12.2. The fourth-order valence-electron chi connectivity index (χ4n) is 5.00. The molecule has 2 aliphatic heterocycles. The average molecular weight is 520 g/mol. The van der Waals surface area contributed by atoms with Gasteiger partial charge in [0.25, 0.3) is 5.91 Å². The number of ether oxygens (including phenoxy) is 1. The quantitative estimate of drug-likeness (QED) is 0.517. The Kier molecular flexibility index (Phi) is 6.46. The van der Waals surface area contributed by atoms with Gasteiger partial charge in [0.1, 0.15) is 22.6 Å². The first-order chi connectivity index (χ1) is 18.1. The van der Waals surface area contributed by atoms with Gasteiger partial charge in [-0.3, -0.25) is 4.79 Å². The molecule has 0 unspecified atom stereocenters. The summed E-state index contributed by atoms with van der Waals surface area (Å²) >= 11 is 0. The monoisotopic (exact) mass is 519 g/mol. The van der Waals surface area contributed by atoms with Crippen molar-refractivity contribution < 1.29 is 22.7 Å². The van der Waals surface area contributed by atoms with Gasteiger partial charge in [-0.1, -0.05) is 18.2 Å². The lowest BCUT2D eigenvalue weighted by Crippen LogP contribution is -2.48. The third-order valence-corrected chi connectivity index (χ3v) is 7.42. The Labute approximate surface area is 217 Å². The zero-order chi connectivity index (χ0) is 27.1. The Morgan fingerprint density at radius 2 is 1.82 bits per heavy atom. The molecular weight excluding hydrogens is 495 g/mol. The van der Waals surface area contributed by atoms with Crippen molar-refractivity contribution in [3.63, 3.8) is 0 Å². The SMILES string of the molecule is Cc1ccc(C(=O)N2CC(c3ccc(C#N)cc3)C2)cc1-c1nc(C2(C#N)CCOCC2)[nH]c1C(F)(F)F. The lowest BCUT2D eigenvalue weighted by Gasteiger charge is -2.39. The lowest BCUT2D eigenvalue weighted by molar-refractivity contribution is -0.140. The summed E-state index contributed by atoms with van der Waals surface area (Å²) in [6.45, 7) is 3.12. The molecule has 38 heavy (non-hydrogen) atoms. The molecule has 2 saturated heterocycles. The Morgan fingerprint density at radius 1 is 1.13 bits per heavy atom. The van der Waals surface area contributed by atoms with Crippen molar-refractivity contribution in [2.24, 2.45) is 0 Å². The highest BCUT2D eigenvalue weighted by molar-refractivity contribution is 5.96. The molecule has 1 N–H and O–H groups in total. The van der Waals surface area contributed by atoms with Crippen LogP contribution in [-0.2, 0) is 16.3 Å². The zero-order valence-electron chi connectivity index (χ0n) is 20.6. The van der Waals surface area contributed by atoms with Crippen molar-refractivity contribution in [1.29, 1.82) is 10.5 Å². The van der Waals surface area contributed by atoms with E-state index in [0.717, 1.165) is 5.56 Å². The Hall–Kier alpha value is -4.15. The van der Waals surface area contributed by atoms with Crippen molar-refractivity contribution in [1.82, 2.24) is 14.9 Å². The van der Waals surface area contributed by atoms with Crippen LogP contribution in [0.5, 0.6) is 0 Å². The summed E-state index contributed by atoms with van der Waals surface area (Å²) < 4.78 is 47.6. The second-order valence-electron chi connectivity index (χ2n) is 9.78. The Morgan fingerprint density at radius 3 is 2.42 bits per heavy atom. The maximum absolute atomic E-state index is 14.1. The third kappa shape index (κ3) is 4.52. The van der Waals surface area contributed by atoms with E-state index in [0.29, 0.717) is 24.2 Å². The molecule has 0 spiro atoms. The molecule has 1 amide bonds. The van der Waals surface area contributed by atoms with E-state index >= 15 is 0 Å². The van der Waals surface area contributed by atoms with Crippen LogP contribution < -0.4 is 0 Å². The third-order valence-electron chi connectivity index (χ3n) is 7.42. The highest BCUT2D eigenvalue weighted by atomic mass is 19.4. The van der Waals surface area contributed by atoms with Crippen LogP contribution in [0.25, 0.3) is 11.3 Å². The van der Waals surface area contributed by atoms with E-state index in [1.54, 1.807) is 36.1 Å². The second kappa shape index (κ2) is 9.62. The number of aromatic nitrogens is 2. The molecule has 5 rings (SSSR count). The van der Waals surface area contributed by atoms with Gasteiger partial charge in [-0.05, 0) is 55.2 Å². The maximum atomic E-state index is 14.1. The molecule has 0 atom stereocenters. The number of halogens is 3. The normalized spacial score (nSPS) is 17.4. The summed E-state index contributed by atoms with van der Waals surface area (Å²) in [6, 6.07) is 16.1. The van der Waals surface area contributed by atoms with E-state index in [1.165, 1.54) is 6.07 Å². The molecule has 1 aromatic heterocycles. The van der Waals surface area contributed by atoms with Crippen LogP contribution in [0, 0.1) is 29.6 Å². The minimum atomic E-state index is -4.74. The molecule has 0 saturated carbocycles. The van der Waals surface area contributed by atoms with Crippen LogP contribution in [0.1, 0.15) is 57.3 Å². The van der Waals surface area contributed by atoms with Gasteiger partial charge in [-0.15, -0.1) is 0 Å². The van der Waals surface area contributed by atoms with Crippen molar-refractivity contribution in [3.8, 4) is 23.4 Å². The number of aryl methyl sites for hydroxylation is 1. The Balaban J connectivity index is 1.44. The molecular formula is C28H24F3N5O2. The van der Waals surface area contributed by atoms with E-state index in [1.807, 2.05) is 12.1 Å². The predicted octanol–water partition coefficient (Wildman–Crippen LogP) is 5.09. The van der Waals surface area contributed by atoms with Crippen molar-refractivity contribution in [2.75, 3.05) is 26.3 Å². The molecule has 2 aromatic carbocycles. The van der Waals surface area contributed by atoms with Crippen molar-refractivity contribution in [3.05, 3.63) is 76.2 Å². The van der Waals surface area contributed by atoms with Gasteiger partial charge in [0.2, 0.25) is 0 Å². The van der Waals surface area contributed by atoms with Gasteiger partial charge in [0, 0.05) is 43.3 Å². The maximum Gasteiger partial charge on any atom is 0.433 e. The number of imidazole rings is 1. The number of nitrogens with one attached hydrogen (secondary N) is 1. The molecule has 3 aromatic rings. The van der Waals surface area contributed by atoms with E-state index in [2.05, 4.69) is 22.1 Å². The van der Waals surface area contributed by atoms with Gasteiger partial charge >= 0.3 is 6.18 Å². The standard InChI is InChI=1S/C28H24F3N5O2/c1-17-2-5-20(25(37)36-14-21(15-36)19-6-3-18(13-32)4-7-19)12-22(17)23-24(28(29,30)31)35-26(34-23)27(16-33)8-10-38-11-9-27/h2-7,12,21H,8-11,14-15H2,1H3,(H,34,35). The smallest absolute Gasteiger partial charge is 0.381 e. The molecule has 0 radical (unpaired) electrons. The number of likely N-dealkylation sites (tertiary alicyclic amines) is 1. The number of aromatic amines is 1. The van der Waals surface area contributed by atoms with Crippen LogP contribution >= 0.6 is 0 Å². The number of carbonyl (C=O) groups excluding carboxylic acids is 1. The number of nitrogens with zero attached hydrogens (tertiary/aromatic N) is 4. The van der Waals surface area contributed by atoms with Crippen molar-refractivity contribution in [2.45, 2.75) is 37.3 Å². The first kappa shape index (κ1) is 25.5. The lowest BCUT2D eigenvalue weighted by atomic mass is 9.81. The summed E-state index contributed by atoms with van der Waals surface area (Å²) in [4.78, 5) is 21.6. The fourth-order valence-corrected chi connectivity index (χ4v) is 5.00. The zero-order valence-corrected chi connectivity index (χ0v) is 20.6. The minimum Gasteiger partial charge on any atom is -0.381 e. The van der Waals surface area contributed by atoms with Gasteiger partial charge in [0.05, 0.1) is 17.7 Å². The summed E-state index contributed by atoms with van der Waals surface area (Å²) in [5.41, 5.74) is 0.0166. The van der Waals surface area contributed by atoms with E-state index in [9.17, 15) is 23.2 Å². The number of hydrogen-bond acceptors (Lipinski definition) is 5. The van der Waals surface area contributed by atoms with Gasteiger partial charge < -0.3 is 14.6 Å². The van der Waals surface area contributed by atoms with Gasteiger partial charge in [-0.2, -0.15) is 23.7 Å². The highest BCUT2D eigenvalue weighted by Gasteiger charge is 2.43. The largest absolute Gasteiger partial charge is 0.433 e. The molecule has 7 nitrogen and oxygen atoms in total. The average Bonchev–Trinajstić information content (AvgIpc) is 3.35. The predicted molar refractivity (Wildman–Crippen MR) is 131 cm³/mol. The number of alkyl halides is 3. The van der Waals surface area contributed by atoms with E-state index in [4.69, 9.17) is 10.00 Å². The summed E-state index contributed by atoms with van der Waals surface area (Å²) in [5.74, 6) is -0.183. The number of benzene rings is 2. The number of H-pyrrole nitrogens is 1. The number of carbonyl (C=O) groups is 1. The topological polar surface area (TPSA) is 106 Å². The first-order valence-electron chi connectivity index (χ1n) is 12.2. The molecule has 0 bridgehead atoms. The molecule has 194 valence electrons. The van der Waals surface area contributed by atoms with Crippen LogP contribution in [0.15, 0.2) is 42.5 Å². The number of rotatable bonds is 4. The van der Waals surface area contributed by atoms with Gasteiger partial charge in [0.15, 0.2) is 0 Å². The van der Waals surface area contributed by atoms with Gasteiger partial charge in [-0.25, -0.2) is 4.98 Å². The van der Waals surface area contributed by atoms with Crippen LogP contribution in [0.2, 0.25) is 0 Å². The fraction of sp³-hybridized carbons (Fsp3) is 0.357. The minimum absolute atomic E-state index is 0.0326. The summed E-state index contributed by atoms with van der Waals surface area (Å²) in [7, 11) is 0. The summed E-state index contributed by atoms with van der Waals surface area (Å²) in [5, 5.41) is 18.8. The molecule has 3 heterocycles. The number of nitriles is 2. The summed E-state index contributed by atoms with van der Waals surface area (Å²) in [6.07, 6.45) is -4.26. The van der Waals surface area contributed by atoms with Crippen LogP contribution in [0.4, 0.5) is 13.2 Å². The highest BCUT2D eigenvalue weighted by Crippen LogP contribution is 2.41. The molecule has 2 aliphatic rings. The Bertz CT molecular complexity index is 1450. The van der Waals surface area contributed by atoms with Crippen molar-refractivity contribution >= 4 is 5.91 Å². The molecule has 2 fully saturated rings. The van der Waals surface area contributed by atoms with E-state index in [-0.39, 0.29) is 60.5 Å². The molecule has 10 heteroatoms. The van der Waals surface area contributed by atoms with Crippen LogP contribution in [-0.4, -0.2) is 47.1 Å². The number of hydrogen-bond donors (Lipinski definition) is 1. The molecule has 0 aliphatic carbocycles. The van der Waals surface area contributed by atoms with E-state index < -0.39 is 17.3 Å².